The first kappa shape index (κ1) is 20.0. The van der Waals surface area contributed by atoms with Gasteiger partial charge in [-0.05, 0) is 62.4 Å². The first-order valence-electron chi connectivity index (χ1n) is 11.0. The van der Waals surface area contributed by atoms with Gasteiger partial charge >= 0.3 is 0 Å². The van der Waals surface area contributed by atoms with Crippen LogP contribution < -0.4 is 10.9 Å². The fraction of sp³-hybridized carbons (Fsp3) is 0.333. The fourth-order valence-electron chi connectivity index (χ4n) is 5.37. The molecule has 2 atom stereocenters. The van der Waals surface area contributed by atoms with E-state index in [9.17, 15) is 18.4 Å². The lowest BCUT2D eigenvalue weighted by atomic mass is 9.76. The largest absolute Gasteiger partial charge is 0.379 e. The van der Waals surface area contributed by atoms with Gasteiger partial charge in [-0.1, -0.05) is 12.1 Å². The van der Waals surface area contributed by atoms with Gasteiger partial charge in [0.25, 0.3) is 11.5 Å². The Kier molecular flexibility index (Phi) is 4.21. The van der Waals surface area contributed by atoms with Gasteiger partial charge in [0.15, 0.2) is 0 Å². The average molecular weight is 449 g/mol. The number of benzene rings is 2. The topological polar surface area (TPSA) is 90.5 Å². The number of nitrogens with one attached hydrogen (secondary N) is 2. The van der Waals surface area contributed by atoms with Crippen LogP contribution in [-0.2, 0) is 11.2 Å². The van der Waals surface area contributed by atoms with Crippen molar-refractivity contribution < 1.29 is 13.6 Å². The molecule has 1 amide bonds. The van der Waals surface area contributed by atoms with E-state index in [4.69, 9.17) is 4.99 Å². The fourth-order valence-corrected chi connectivity index (χ4v) is 5.37. The van der Waals surface area contributed by atoms with Gasteiger partial charge in [-0.3, -0.25) is 19.5 Å². The lowest BCUT2D eigenvalue weighted by Gasteiger charge is -2.41. The number of rotatable bonds is 3. The molecule has 3 aliphatic rings. The first-order valence-corrected chi connectivity index (χ1v) is 11.0. The molecule has 1 aromatic heterocycles. The smallest absolute Gasteiger partial charge is 0.272 e. The van der Waals surface area contributed by atoms with Crippen molar-refractivity contribution in [2.75, 3.05) is 5.32 Å². The van der Waals surface area contributed by atoms with Gasteiger partial charge in [-0.2, -0.15) is 5.10 Å². The Morgan fingerprint density at radius 3 is 2.55 bits per heavy atom. The van der Waals surface area contributed by atoms with Crippen LogP contribution in [0.5, 0.6) is 0 Å². The molecule has 3 aromatic rings. The minimum Gasteiger partial charge on any atom is -0.379 e. The van der Waals surface area contributed by atoms with Crippen molar-refractivity contribution in [1.29, 1.82) is 0 Å². The predicted molar refractivity (Wildman–Crippen MR) is 119 cm³/mol. The van der Waals surface area contributed by atoms with Gasteiger partial charge in [0.05, 0.1) is 17.1 Å². The molecule has 2 N–H and O–H groups in total. The van der Waals surface area contributed by atoms with Crippen molar-refractivity contribution in [2.24, 2.45) is 4.99 Å². The van der Waals surface area contributed by atoms with E-state index in [0.717, 1.165) is 12.0 Å². The summed E-state index contributed by atoms with van der Waals surface area (Å²) < 4.78 is 27.8. The highest BCUT2D eigenvalue weighted by atomic mass is 19.1. The van der Waals surface area contributed by atoms with Crippen molar-refractivity contribution in [3.05, 3.63) is 69.6 Å². The first-order chi connectivity index (χ1) is 15.9. The van der Waals surface area contributed by atoms with Gasteiger partial charge in [-0.15, -0.1) is 0 Å². The Balaban J connectivity index is 1.53. The lowest BCUT2D eigenvalue weighted by Crippen LogP contribution is -2.52. The third-order valence-electron chi connectivity index (χ3n) is 7.05. The highest BCUT2D eigenvalue weighted by Crippen LogP contribution is 2.47. The van der Waals surface area contributed by atoms with Gasteiger partial charge in [0.2, 0.25) is 0 Å². The minimum absolute atomic E-state index is 0.0751. The Morgan fingerprint density at radius 1 is 1.12 bits per heavy atom. The number of aromatic amines is 1. The van der Waals surface area contributed by atoms with Crippen LogP contribution in [0.2, 0.25) is 0 Å². The summed E-state index contributed by atoms with van der Waals surface area (Å²) in [6.07, 6.45) is 2.78. The Morgan fingerprint density at radius 2 is 1.88 bits per heavy atom. The van der Waals surface area contributed by atoms with Crippen LogP contribution in [0.4, 0.5) is 14.5 Å². The number of carbonyl (C=O) groups excluding carboxylic acids is 1. The summed E-state index contributed by atoms with van der Waals surface area (Å²) in [5.74, 6) is -0.362. The minimum atomic E-state index is -0.713. The Hall–Kier alpha value is -3.62. The number of aliphatic imine (C=N–C) groups is 1. The van der Waals surface area contributed by atoms with E-state index in [2.05, 4.69) is 15.5 Å². The van der Waals surface area contributed by atoms with E-state index in [-0.39, 0.29) is 17.1 Å². The molecular formula is C24H21F2N5O2. The molecule has 1 fully saturated rings. The number of anilines is 1. The molecule has 7 nitrogen and oxygen atoms in total. The molecular weight excluding hydrogens is 428 g/mol. The summed E-state index contributed by atoms with van der Waals surface area (Å²) >= 11 is 0. The van der Waals surface area contributed by atoms with Crippen molar-refractivity contribution >= 4 is 28.2 Å². The predicted octanol–water partition coefficient (Wildman–Crippen LogP) is 3.46. The third-order valence-corrected chi connectivity index (χ3v) is 7.05. The van der Waals surface area contributed by atoms with Crippen LogP contribution in [0.3, 0.4) is 0 Å². The molecule has 0 unspecified atom stereocenters. The highest BCUT2D eigenvalue weighted by molar-refractivity contribution is 6.09. The molecule has 9 heteroatoms. The van der Waals surface area contributed by atoms with Crippen molar-refractivity contribution in [1.82, 2.24) is 15.1 Å². The Labute approximate surface area is 187 Å². The third kappa shape index (κ3) is 2.91. The molecule has 1 saturated carbocycles. The zero-order chi connectivity index (χ0) is 22.9. The van der Waals surface area contributed by atoms with Crippen molar-refractivity contribution in [3.63, 3.8) is 0 Å². The number of H-pyrrole nitrogens is 1. The standard InChI is InChI=1S/C24H21F2N5O2/c1-12-28-24(7-2-8-24)23(33)31(12)21-18(9-13-3-5-14(25)6-4-13)27-17-11-15(26)10-16-19(17)20(21)29-30-22(16)32/h3-6,10-11,18,21,27H,2,7-9H2,1H3,(H,30,32)/t18-,21-/m0/s1. The monoisotopic (exact) mass is 449 g/mol. The zero-order valence-corrected chi connectivity index (χ0v) is 17.9. The number of halogens is 2. The summed E-state index contributed by atoms with van der Waals surface area (Å²) in [6, 6.07) is 7.67. The van der Waals surface area contributed by atoms with Crippen molar-refractivity contribution in [2.45, 2.75) is 50.2 Å². The molecule has 33 heavy (non-hydrogen) atoms. The maximum atomic E-state index is 14.4. The highest BCUT2D eigenvalue weighted by Gasteiger charge is 2.55. The Bertz CT molecular complexity index is 1390. The molecule has 2 aromatic carbocycles. The van der Waals surface area contributed by atoms with Crippen molar-refractivity contribution in [3.8, 4) is 0 Å². The summed E-state index contributed by atoms with van der Waals surface area (Å²) in [6.45, 7) is 1.81. The van der Waals surface area contributed by atoms with Gasteiger partial charge in [0, 0.05) is 11.1 Å². The number of amidine groups is 1. The second-order valence-corrected chi connectivity index (χ2v) is 9.06. The number of hydrogen-bond acceptors (Lipinski definition) is 5. The number of hydrogen-bond donors (Lipinski definition) is 2. The summed E-state index contributed by atoms with van der Waals surface area (Å²) in [5.41, 5.74) is 0.570. The maximum absolute atomic E-state index is 14.4. The second kappa shape index (κ2) is 6.94. The normalized spacial score (nSPS) is 22.9. The number of aromatic nitrogens is 2. The van der Waals surface area contributed by atoms with E-state index in [0.29, 0.717) is 41.9 Å². The van der Waals surface area contributed by atoms with Gasteiger partial charge in [-0.25, -0.2) is 13.9 Å². The van der Waals surface area contributed by atoms with E-state index in [1.54, 1.807) is 17.0 Å². The van der Waals surface area contributed by atoms with E-state index in [1.807, 2.05) is 6.92 Å². The summed E-state index contributed by atoms with van der Waals surface area (Å²) in [4.78, 5) is 32.4. The maximum Gasteiger partial charge on any atom is 0.272 e. The van der Waals surface area contributed by atoms with E-state index < -0.39 is 29.0 Å². The molecule has 2 aliphatic heterocycles. The number of amides is 1. The molecule has 6 rings (SSSR count). The summed E-state index contributed by atoms with van der Waals surface area (Å²) in [5, 5.41) is 10.8. The van der Waals surface area contributed by atoms with Crippen LogP contribution in [0.25, 0.3) is 10.8 Å². The molecule has 0 bridgehead atoms. The van der Waals surface area contributed by atoms with Gasteiger partial charge in [0.1, 0.15) is 29.1 Å². The van der Waals surface area contributed by atoms with E-state index in [1.165, 1.54) is 24.3 Å². The zero-order valence-electron chi connectivity index (χ0n) is 17.9. The van der Waals surface area contributed by atoms with Crippen LogP contribution in [0.1, 0.15) is 43.5 Å². The quantitative estimate of drug-likeness (QED) is 0.641. The van der Waals surface area contributed by atoms with E-state index >= 15 is 0 Å². The van der Waals surface area contributed by atoms with Crippen LogP contribution in [-0.4, -0.2) is 38.4 Å². The molecule has 1 spiro atoms. The molecule has 3 heterocycles. The average Bonchev–Trinajstić information content (AvgIpc) is 3.02. The molecule has 0 saturated heterocycles. The molecule has 1 aliphatic carbocycles. The lowest BCUT2D eigenvalue weighted by molar-refractivity contribution is -0.135. The SMILES string of the molecule is CC1=NC2(CCC2)C(=O)N1[C@@H]1c2n[nH]c(=O)c3cc(F)cc(c23)N[C@H]1Cc1ccc(F)cc1. The van der Waals surface area contributed by atoms with Gasteiger partial charge < -0.3 is 5.32 Å². The van der Waals surface area contributed by atoms with Crippen LogP contribution in [0, 0.1) is 11.6 Å². The van der Waals surface area contributed by atoms with Crippen LogP contribution >= 0.6 is 0 Å². The number of nitrogens with zero attached hydrogens (tertiary/aromatic N) is 3. The van der Waals surface area contributed by atoms with Crippen LogP contribution in [0.15, 0.2) is 46.2 Å². The molecule has 0 radical (unpaired) electrons. The summed E-state index contributed by atoms with van der Waals surface area (Å²) in [7, 11) is 0. The number of carbonyl (C=O) groups is 1. The molecule has 168 valence electrons. The second-order valence-electron chi connectivity index (χ2n) is 9.06.